The van der Waals surface area contributed by atoms with Gasteiger partial charge in [0, 0.05) is 34.7 Å². The second-order valence-corrected chi connectivity index (χ2v) is 8.71. The number of ether oxygens (including phenoxy) is 6. The molecule has 0 saturated carbocycles. The lowest BCUT2D eigenvalue weighted by atomic mass is 10.1. The number of nitrogens with one attached hydrogen (secondary N) is 2. The van der Waals surface area contributed by atoms with Crippen LogP contribution in [0, 0.1) is 6.92 Å². The molecule has 1 aromatic carbocycles. The van der Waals surface area contributed by atoms with Gasteiger partial charge >= 0.3 is 36.1 Å². The van der Waals surface area contributed by atoms with Gasteiger partial charge in [-0.1, -0.05) is 32.4 Å². The summed E-state index contributed by atoms with van der Waals surface area (Å²) in [6.07, 6.45) is -2.50. The summed E-state index contributed by atoms with van der Waals surface area (Å²) >= 11 is 0. The van der Waals surface area contributed by atoms with Crippen LogP contribution < -0.4 is 10.6 Å². The van der Waals surface area contributed by atoms with Crippen LogP contribution in [0.5, 0.6) is 0 Å². The van der Waals surface area contributed by atoms with E-state index in [4.69, 9.17) is 28.4 Å². The number of hydrogen-bond acceptors (Lipinski definition) is 12. The first-order valence-electron chi connectivity index (χ1n) is 12.6. The Morgan fingerprint density at radius 1 is 0.698 bits per heavy atom. The van der Waals surface area contributed by atoms with E-state index in [9.17, 15) is 28.8 Å². The molecule has 0 aliphatic carbocycles. The average Bonchev–Trinajstić information content (AvgIpc) is 2.96. The van der Waals surface area contributed by atoms with Gasteiger partial charge in [-0.05, 0) is 38.5 Å². The lowest BCUT2D eigenvalue weighted by molar-refractivity contribution is -0.148. The standard InChI is InChI=1S/C29H34N2O12/c1-8-24(32)38-13-20(15-40-26(34)17(3)4)42-28(36)30-22-11-10-12-23(19(22)7)31-29(37)43-21(14-39-25(33)9-2)16-41-27(35)18(5)6/h8-12,20-21H,1-3,5,13-16H2,4,6-7H3,(H,30,36)(H,31,37). The highest BCUT2D eigenvalue weighted by molar-refractivity contribution is 5.91. The van der Waals surface area contributed by atoms with E-state index < -0.39 is 74.7 Å². The normalized spacial score (nSPS) is 11.3. The summed E-state index contributed by atoms with van der Waals surface area (Å²) in [5.74, 6) is -3.03. The van der Waals surface area contributed by atoms with Gasteiger partial charge in [0.15, 0.2) is 12.2 Å². The molecule has 2 unspecified atom stereocenters. The van der Waals surface area contributed by atoms with Crippen LogP contribution in [0.25, 0.3) is 0 Å². The fourth-order valence-electron chi connectivity index (χ4n) is 2.77. The van der Waals surface area contributed by atoms with E-state index in [1.807, 2.05) is 0 Å². The van der Waals surface area contributed by atoms with Crippen LogP contribution in [0.4, 0.5) is 21.0 Å². The van der Waals surface area contributed by atoms with Gasteiger partial charge in [0.05, 0.1) is 0 Å². The van der Waals surface area contributed by atoms with Crippen molar-refractivity contribution in [3.63, 3.8) is 0 Å². The molecule has 0 saturated heterocycles. The number of rotatable bonds is 16. The van der Waals surface area contributed by atoms with Crippen LogP contribution in [0.1, 0.15) is 19.4 Å². The lowest BCUT2D eigenvalue weighted by Gasteiger charge is -2.20. The first-order valence-corrected chi connectivity index (χ1v) is 12.6. The Balaban J connectivity index is 2.92. The summed E-state index contributed by atoms with van der Waals surface area (Å²) in [5.41, 5.74) is 1.04. The van der Waals surface area contributed by atoms with Crippen molar-refractivity contribution in [1.29, 1.82) is 0 Å². The van der Waals surface area contributed by atoms with Gasteiger partial charge in [0.25, 0.3) is 0 Å². The molecule has 0 aromatic heterocycles. The molecule has 2 N–H and O–H groups in total. The van der Waals surface area contributed by atoms with E-state index in [2.05, 4.69) is 36.9 Å². The summed E-state index contributed by atoms with van der Waals surface area (Å²) in [7, 11) is 0. The Morgan fingerprint density at radius 3 is 1.37 bits per heavy atom. The zero-order chi connectivity index (χ0) is 32.5. The molecule has 0 fully saturated rings. The van der Waals surface area contributed by atoms with Crippen molar-refractivity contribution in [2.24, 2.45) is 0 Å². The maximum atomic E-state index is 12.6. The predicted octanol–water partition coefficient (Wildman–Crippen LogP) is 3.53. The van der Waals surface area contributed by atoms with Gasteiger partial charge < -0.3 is 28.4 Å². The monoisotopic (exact) mass is 602 g/mol. The minimum absolute atomic E-state index is 0.113. The minimum atomic E-state index is -1.17. The molecular weight excluding hydrogens is 568 g/mol. The van der Waals surface area contributed by atoms with E-state index in [-0.39, 0.29) is 22.5 Å². The van der Waals surface area contributed by atoms with E-state index in [1.165, 1.54) is 32.0 Å². The summed E-state index contributed by atoms with van der Waals surface area (Å²) < 4.78 is 30.3. The van der Waals surface area contributed by atoms with Crippen molar-refractivity contribution >= 4 is 47.4 Å². The first kappa shape index (κ1) is 35.6. The van der Waals surface area contributed by atoms with Gasteiger partial charge in [-0.25, -0.2) is 28.8 Å². The fraction of sp³-hybridized carbons (Fsp3) is 0.310. The number of hydrogen-bond donors (Lipinski definition) is 2. The highest BCUT2D eigenvalue weighted by atomic mass is 16.6. The molecule has 14 nitrogen and oxygen atoms in total. The third-order valence-electron chi connectivity index (χ3n) is 5.01. The van der Waals surface area contributed by atoms with E-state index in [0.717, 1.165) is 12.2 Å². The van der Waals surface area contributed by atoms with Crippen molar-refractivity contribution in [2.45, 2.75) is 33.0 Å². The molecule has 0 heterocycles. The number of anilines is 2. The quantitative estimate of drug-likeness (QED) is 0.160. The number of carbonyl (C=O) groups is 6. The van der Waals surface area contributed by atoms with Crippen molar-refractivity contribution in [3.8, 4) is 0 Å². The largest absolute Gasteiger partial charge is 0.458 e. The highest BCUT2D eigenvalue weighted by Crippen LogP contribution is 2.24. The van der Waals surface area contributed by atoms with Crippen molar-refractivity contribution in [2.75, 3.05) is 37.1 Å². The molecule has 0 radical (unpaired) electrons. The molecular formula is C29H34N2O12. The molecule has 232 valence electrons. The number of amides is 2. The zero-order valence-electron chi connectivity index (χ0n) is 24.1. The van der Waals surface area contributed by atoms with Crippen LogP contribution in [-0.4, -0.2) is 74.7 Å². The molecule has 0 aliphatic rings. The Morgan fingerprint density at radius 2 is 1.05 bits per heavy atom. The third kappa shape index (κ3) is 13.7. The minimum Gasteiger partial charge on any atom is -0.458 e. The number of esters is 4. The molecule has 2 amide bonds. The zero-order valence-corrected chi connectivity index (χ0v) is 24.1. The van der Waals surface area contributed by atoms with Crippen molar-refractivity contribution in [3.05, 3.63) is 73.4 Å². The second-order valence-electron chi connectivity index (χ2n) is 8.71. The lowest BCUT2D eigenvalue weighted by Crippen LogP contribution is -2.33. The van der Waals surface area contributed by atoms with E-state index >= 15 is 0 Å². The highest BCUT2D eigenvalue weighted by Gasteiger charge is 2.22. The molecule has 1 aromatic rings. The Bertz CT molecular complexity index is 1180. The van der Waals surface area contributed by atoms with E-state index in [0.29, 0.717) is 5.56 Å². The molecule has 1 rings (SSSR count). The topological polar surface area (TPSA) is 182 Å². The summed E-state index contributed by atoms with van der Waals surface area (Å²) in [4.78, 5) is 71.6. The Kier molecular flexibility index (Phi) is 15.0. The maximum Gasteiger partial charge on any atom is 0.412 e. The fourth-order valence-corrected chi connectivity index (χ4v) is 2.77. The van der Waals surface area contributed by atoms with Gasteiger partial charge in [0.1, 0.15) is 26.4 Å². The third-order valence-corrected chi connectivity index (χ3v) is 5.01. The van der Waals surface area contributed by atoms with Crippen LogP contribution >= 0.6 is 0 Å². The number of benzene rings is 1. The van der Waals surface area contributed by atoms with Gasteiger partial charge in [-0.3, -0.25) is 10.6 Å². The Hall–Kier alpha value is -5.40. The van der Waals surface area contributed by atoms with Crippen molar-refractivity contribution in [1.82, 2.24) is 0 Å². The maximum absolute atomic E-state index is 12.6. The smallest absolute Gasteiger partial charge is 0.412 e. The molecule has 43 heavy (non-hydrogen) atoms. The SMILES string of the molecule is C=CC(=O)OCC(COC(=O)C(=C)C)OC(=O)Nc1cccc(NC(=O)OC(COC(=O)C=C)COC(=O)C(=C)C)c1C. The van der Waals surface area contributed by atoms with E-state index in [1.54, 1.807) is 6.92 Å². The van der Waals surface area contributed by atoms with Crippen molar-refractivity contribution < 1.29 is 57.2 Å². The second kappa shape index (κ2) is 18.1. The first-order chi connectivity index (χ1) is 20.3. The summed E-state index contributed by atoms with van der Waals surface area (Å²) in [5, 5.41) is 4.97. The summed E-state index contributed by atoms with van der Waals surface area (Å²) in [6.45, 7) is 16.2. The van der Waals surface area contributed by atoms with Gasteiger partial charge in [-0.2, -0.15) is 0 Å². The number of carbonyl (C=O) groups excluding carboxylic acids is 6. The van der Waals surface area contributed by atoms with Gasteiger partial charge in [-0.15, -0.1) is 0 Å². The predicted molar refractivity (Wildman–Crippen MR) is 153 cm³/mol. The van der Waals surface area contributed by atoms with Crippen LogP contribution in [-0.2, 0) is 47.6 Å². The van der Waals surface area contributed by atoms with Crippen LogP contribution in [0.3, 0.4) is 0 Å². The Labute approximate surface area is 248 Å². The molecule has 0 aliphatic heterocycles. The van der Waals surface area contributed by atoms with Crippen LogP contribution in [0.2, 0.25) is 0 Å². The summed E-state index contributed by atoms with van der Waals surface area (Å²) in [6, 6.07) is 4.53. The molecule has 0 bridgehead atoms. The molecule has 0 spiro atoms. The van der Waals surface area contributed by atoms with Gasteiger partial charge in [0.2, 0.25) is 0 Å². The van der Waals surface area contributed by atoms with Crippen LogP contribution in [0.15, 0.2) is 67.8 Å². The molecule has 14 heteroatoms. The molecule has 2 atom stereocenters. The average molecular weight is 603 g/mol.